The maximum atomic E-state index is 14.0. The molecule has 3 aromatic carbocycles. The fourth-order valence-electron chi connectivity index (χ4n) is 4.03. The first-order valence-electron chi connectivity index (χ1n) is 12.5. The Hall–Kier alpha value is -2.44. The first kappa shape index (κ1) is 31.1. The number of nitrogens with one attached hydrogen (secondary N) is 1. The summed E-state index contributed by atoms with van der Waals surface area (Å²) in [5.41, 5.74) is 2.09. The Labute approximate surface area is 253 Å². The van der Waals surface area contributed by atoms with Gasteiger partial charge in [-0.15, -0.1) is 0 Å². The number of halogens is 2. The fourth-order valence-corrected chi connectivity index (χ4v) is 5.69. The zero-order chi connectivity index (χ0) is 28.6. The predicted octanol–water partition coefficient (Wildman–Crippen LogP) is 5.23. The number of hydrogen-bond donors (Lipinski definition) is 1. The van der Waals surface area contributed by atoms with Crippen LogP contribution in [0.5, 0.6) is 0 Å². The molecule has 0 saturated heterocycles. The molecule has 0 fully saturated rings. The van der Waals surface area contributed by atoms with Gasteiger partial charge >= 0.3 is 0 Å². The molecular weight excluding hydrogens is 693 g/mol. The molecule has 208 valence electrons. The highest BCUT2D eigenvalue weighted by atomic mass is 127. The third-order valence-electron chi connectivity index (χ3n) is 5.99. The van der Waals surface area contributed by atoms with Crippen molar-refractivity contribution in [3.05, 3.63) is 98.0 Å². The van der Waals surface area contributed by atoms with Gasteiger partial charge in [0.1, 0.15) is 12.6 Å². The first-order chi connectivity index (χ1) is 18.4. The summed E-state index contributed by atoms with van der Waals surface area (Å²) in [6.45, 7) is 4.16. The average molecular weight is 726 g/mol. The van der Waals surface area contributed by atoms with Crippen LogP contribution in [0.3, 0.4) is 0 Å². The summed E-state index contributed by atoms with van der Waals surface area (Å²) in [6, 6.07) is 23.1. The van der Waals surface area contributed by atoms with Crippen molar-refractivity contribution in [2.45, 2.75) is 32.9 Å². The van der Waals surface area contributed by atoms with Gasteiger partial charge in [0.25, 0.3) is 0 Å². The lowest BCUT2D eigenvalue weighted by Crippen LogP contribution is -2.53. The zero-order valence-electron chi connectivity index (χ0n) is 22.2. The molecule has 10 heteroatoms. The minimum atomic E-state index is -3.79. The summed E-state index contributed by atoms with van der Waals surface area (Å²) in [5, 5.41) is 2.98. The molecule has 1 N–H and O–H groups in total. The Morgan fingerprint density at radius 2 is 1.59 bits per heavy atom. The third-order valence-corrected chi connectivity index (χ3v) is 8.34. The number of hydrogen-bond acceptors (Lipinski definition) is 4. The van der Waals surface area contributed by atoms with Gasteiger partial charge in [-0.25, -0.2) is 8.42 Å². The van der Waals surface area contributed by atoms with Gasteiger partial charge in [-0.1, -0.05) is 72.2 Å². The van der Waals surface area contributed by atoms with Crippen molar-refractivity contribution in [3.8, 4) is 0 Å². The fraction of sp³-hybridized carbons (Fsp3) is 0.310. The Morgan fingerprint density at radius 3 is 2.18 bits per heavy atom. The number of carbonyl (C=O) groups is 2. The van der Waals surface area contributed by atoms with Crippen molar-refractivity contribution in [3.63, 3.8) is 0 Å². The van der Waals surface area contributed by atoms with E-state index in [-0.39, 0.29) is 24.8 Å². The van der Waals surface area contributed by atoms with Crippen molar-refractivity contribution in [2.24, 2.45) is 5.92 Å². The SMILES string of the molecule is CC(C)CNC(=O)C(Cc1ccccc1)N(Cc1cccc(Br)c1)C(=O)CN(c1ccc(I)cc1)S(C)(=O)=O. The second-order valence-electron chi connectivity index (χ2n) is 9.74. The van der Waals surface area contributed by atoms with Crippen LogP contribution in [0.15, 0.2) is 83.3 Å². The van der Waals surface area contributed by atoms with Crippen LogP contribution in [0.1, 0.15) is 25.0 Å². The lowest BCUT2D eigenvalue weighted by atomic mass is 10.0. The highest BCUT2D eigenvalue weighted by molar-refractivity contribution is 14.1. The molecule has 0 aliphatic heterocycles. The van der Waals surface area contributed by atoms with E-state index in [2.05, 4.69) is 43.8 Å². The van der Waals surface area contributed by atoms with Gasteiger partial charge in [-0.05, 0) is 76.0 Å². The van der Waals surface area contributed by atoms with E-state index < -0.39 is 28.5 Å². The van der Waals surface area contributed by atoms with Crippen LogP contribution in [0.25, 0.3) is 0 Å². The van der Waals surface area contributed by atoms with Crippen LogP contribution in [-0.4, -0.2) is 50.5 Å². The number of benzene rings is 3. The molecule has 0 radical (unpaired) electrons. The van der Waals surface area contributed by atoms with Crippen molar-refractivity contribution >= 4 is 66.0 Å². The van der Waals surface area contributed by atoms with E-state index in [1.54, 1.807) is 24.3 Å². The van der Waals surface area contributed by atoms with E-state index >= 15 is 0 Å². The summed E-state index contributed by atoms with van der Waals surface area (Å²) in [6.07, 6.45) is 1.36. The zero-order valence-corrected chi connectivity index (χ0v) is 26.7. The minimum absolute atomic E-state index is 0.134. The van der Waals surface area contributed by atoms with Gasteiger partial charge in [0, 0.05) is 27.6 Å². The summed E-state index contributed by atoms with van der Waals surface area (Å²) in [4.78, 5) is 29.1. The van der Waals surface area contributed by atoms with Crippen LogP contribution in [0, 0.1) is 9.49 Å². The van der Waals surface area contributed by atoms with Crippen LogP contribution < -0.4 is 9.62 Å². The average Bonchev–Trinajstić information content (AvgIpc) is 2.88. The van der Waals surface area contributed by atoms with Gasteiger partial charge in [0.15, 0.2) is 0 Å². The first-order valence-corrected chi connectivity index (χ1v) is 16.2. The molecule has 1 unspecified atom stereocenters. The van der Waals surface area contributed by atoms with Crippen LogP contribution in [0.2, 0.25) is 0 Å². The van der Waals surface area contributed by atoms with E-state index in [1.807, 2.05) is 68.4 Å². The molecule has 0 saturated carbocycles. The minimum Gasteiger partial charge on any atom is -0.354 e. The number of nitrogens with zero attached hydrogens (tertiary/aromatic N) is 2. The summed E-state index contributed by atoms with van der Waals surface area (Å²) in [5.74, 6) is -0.530. The molecule has 0 bridgehead atoms. The van der Waals surface area contributed by atoms with Crippen LogP contribution >= 0.6 is 38.5 Å². The van der Waals surface area contributed by atoms with E-state index in [1.165, 1.54) is 4.90 Å². The highest BCUT2D eigenvalue weighted by Crippen LogP contribution is 2.22. The summed E-state index contributed by atoms with van der Waals surface area (Å²) >= 11 is 5.62. The van der Waals surface area contributed by atoms with Crippen molar-refractivity contribution < 1.29 is 18.0 Å². The van der Waals surface area contributed by atoms with Gasteiger partial charge < -0.3 is 10.2 Å². The smallest absolute Gasteiger partial charge is 0.244 e. The number of amides is 2. The second kappa shape index (κ2) is 14.3. The topological polar surface area (TPSA) is 86.8 Å². The molecular formula is C29H33BrIN3O4S. The Balaban J connectivity index is 2.04. The monoisotopic (exact) mass is 725 g/mol. The molecule has 2 amide bonds. The predicted molar refractivity (Wildman–Crippen MR) is 168 cm³/mol. The normalized spacial score (nSPS) is 12.2. The Bertz CT molecular complexity index is 1370. The van der Waals surface area contributed by atoms with Crippen LogP contribution in [0.4, 0.5) is 5.69 Å². The number of sulfonamides is 1. The largest absolute Gasteiger partial charge is 0.354 e. The molecule has 39 heavy (non-hydrogen) atoms. The molecule has 0 heterocycles. The van der Waals surface area contributed by atoms with E-state index in [9.17, 15) is 18.0 Å². The van der Waals surface area contributed by atoms with Gasteiger partial charge in [-0.2, -0.15) is 0 Å². The molecule has 3 aromatic rings. The lowest BCUT2D eigenvalue weighted by Gasteiger charge is -2.33. The van der Waals surface area contributed by atoms with Crippen LogP contribution in [-0.2, 0) is 32.6 Å². The van der Waals surface area contributed by atoms with E-state index in [0.29, 0.717) is 12.2 Å². The number of rotatable bonds is 12. The van der Waals surface area contributed by atoms with Crippen molar-refractivity contribution in [1.29, 1.82) is 0 Å². The highest BCUT2D eigenvalue weighted by Gasteiger charge is 2.33. The maximum Gasteiger partial charge on any atom is 0.244 e. The van der Waals surface area contributed by atoms with Crippen molar-refractivity contribution in [1.82, 2.24) is 10.2 Å². The Morgan fingerprint density at radius 1 is 0.949 bits per heavy atom. The van der Waals surface area contributed by atoms with E-state index in [4.69, 9.17) is 0 Å². The lowest BCUT2D eigenvalue weighted by molar-refractivity contribution is -0.140. The van der Waals surface area contributed by atoms with Gasteiger partial charge in [0.05, 0.1) is 11.9 Å². The second-order valence-corrected chi connectivity index (χ2v) is 13.8. The van der Waals surface area contributed by atoms with Gasteiger partial charge in [-0.3, -0.25) is 13.9 Å². The molecule has 0 aliphatic rings. The molecule has 0 aliphatic carbocycles. The molecule has 7 nitrogen and oxygen atoms in total. The quantitative estimate of drug-likeness (QED) is 0.259. The summed E-state index contributed by atoms with van der Waals surface area (Å²) < 4.78 is 28.5. The Kier molecular flexibility index (Phi) is 11.4. The molecule has 1 atom stereocenters. The van der Waals surface area contributed by atoms with Gasteiger partial charge in [0.2, 0.25) is 21.8 Å². The van der Waals surface area contributed by atoms with Crippen molar-refractivity contribution in [2.75, 3.05) is 23.7 Å². The standard InChI is InChI=1S/C29H33BrIN3O4S/c1-21(2)18-32-29(36)27(17-22-8-5-4-6-9-22)33(19-23-10-7-11-24(30)16-23)28(35)20-34(39(3,37)38)26-14-12-25(31)13-15-26/h4-16,21,27H,17-20H2,1-3H3,(H,32,36). The number of carbonyl (C=O) groups excluding carboxylic acids is 2. The molecule has 0 aromatic heterocycles. The number of anilines is 1. The van der Waals surface area contributed by atoms with E-state index in [0.717, 1.165) is 29.7 Å². The summed E-state index contributed by atoms with van der Waals surface area (Å²) in [7, 11) is -3.79. The third kappa shape index (κ3) is 9.61. The molecule has 0 spiro atoms. The maximum absolute atomic E-state index is 14.0. The molecule has 3 rings (SSSR count).